The quantitative estimate of drug-likeness (QED) is 0.847. The lowest BCUT2D eigenvalue weighted by atomic mass is 9.74. The molecule has 1 heterocycles. The van der Waals surface area contributed by atoms with Gasteiger partial charge in [0.15, 0.2) is 0 Å². The van der Waals surface area contributed by atoms with Crippen molar-refractivity contribution in [2.45, 2.75) is 44.6 Å². The average molecular weight is 260 g/mol. The van der Waals surface area contributed by atoms with Crippen LogP contribution in [0.3, 0.4) is 0 Å². The van der Waals surface area contributed by atoms with E-state index in [2.05, 4.69) is 29.7 Å². The zero-order valence-electron chi connectivity index (χ0n) is 12.0. The highest BCUT2D eigenvalue weighted by molar-refractivity contribution is 5.74. The third-order valence-corrected chi connectivity index (χ3v) is 4.88. The summed E-state index contributed by atoms with van der Waals surface area (Å²) in [5.41, 5.74) is 2.65. The van der Waals surface area contributed by atoms with Gasteiger partial charge >= 0.3 is 0 Å². The Kier molecular flexibility index (Phi) is 3.29. The Labute approximate surface area is 115 Å². The molecule has 1 saturated carbocycles. The van der Waals surface area contributed by atoms with E-state index in [0.29, 0.717) is 0 Å². The van der Waals surface area contributed by atoms with Crippen LogP contribution in [0, 0.1) is 5.92 Å². The number of fused-ring (bicyclic) bond motifs is 1. The van der Waals surface area contributed by atoms with Crippen molar-refractivity contribution in [3.63, 3.8) is 0 Å². The molecule has 1 aromatic carbocycles. The van der Waals surface area contributed by atoms with Crippen LogP contribution in [0.25, 0.3) is 0 Å². The molecule has 0 amide bonds. The maximum absolute atomic E-state index is 5.32. The molecule has 0 bridgehead atoms. The molecule has 1 spiro atoms. The predicted molar refractivity (Wildman–Crippen MR) is 80.1 cm³/mol. The van der Waals surface area contributed by atoms with Gasteiger partial charge in [0.25, 0.3) is 0 Å². The number of ether oxygens (including phenoxy) is 1. The number of hydrogen-bond acceptors (Lipinski definition) is 3. The van der Waals surface area contributed by atoms with Crippen molar-refractivity contribution in [2.24, 2.45) is 5.92 Å². The molecule has 2 aliphatic rings. The summed E-state index contributed by atoms with van der Waals surface area (Å²) in [5.74, 6) is 1.85. The summed E-state index contributed by atoms with van der Waals surface area (Å²) in [7, 11) is 1.72. The second-order valence-electron chi connectivity index (χ2n) is 6.02. The number of anilines is 2. The van der Waals surface area contributed by atoms with Crippen LogP contribution in [0.1, 0.15) is 39.0 Å². The molecule has 19 heavy (non-hydrogen) atoms. The molecule has 0 radical (unpaired) electrons. The lowest BCUT2D eigenvalue weighted by Crippen LogP contribution is -2.50. The zero-order chi connectivity index (χ0) is 13.3. The molecular formula is C16H24N2O. The minimum absolute atomic E-state index is 0.255. The highest BCUT2D eigenvalue weighted by Crippen LogP contribution is 2.41. The summed E-state index contributed by atoms with van der Waals surface area (Å²) in [6.07, 6.45) is 6.58. The van der Waals surface area contributed by atoms with Crippen molar-refractivity contribution in [3.05, 3.63) is 18.2 Å². The lowest BCUT2D eigenvalue weighted by Gasteiger charge is -2.45. The van der Waals surface area contributed by atoms with Gasteiger partial charge in [-0.25, -0.2) is 0 Å². The standard InChI is InChI=1S/C16H24N2O/c1-3-12-6-8-16(9-7-12)11-17-14-5-4-13(19-2)10-15(14)18-16/h4-5,10,12,17-18H,3,6-9,11H2,1-2H3. The molecule has 104 valence electrons. The molecule has 3 nitrogen and oxygen atoms in total. The average Bonchev–Trinajstić information content (AvgIpc) is 2.47. The Balaban J connectivity index is 1.77. The Morgan fingerprint density at radius 1 is 1.26 bits per heavy atom. The molecule has 0 unspecified atom stereocenters. The monoisotopic (exact) mass is 260 g/mol. The maximum atomic E-state index is 5.32. The van der Waals surface area contributed by atoms with E-state index in [1.54, 1.807) is 7.11 Å². The smallest absolute Gasteiger partial charge is 0.121 e. The van der Waals surface area contributed by atoms with E-state index in [0.717, 1.165) is 18.2 Å². The summed E-state index contributed by atoms with van der Waals surface area (Å²) in [4.78, 5) is 0. The van der Waals surface area contributed by atoms with Crippen molar-refractivity contribution in [2.75, 3.05) is 24.3 Å². The van der Waals surface area contributed by atoms with Crippen LogP contribution in [-0.2, 0) is 0 Å². The van der Waals surface area contributed by atoms with Crippen molar-refractivity contribution in [1.82, 2.24) is 0 Å². The number of methoxy groups -OCH3 is 1. The van der Waals surface area contributed by atoms with Crippen LogP contribution in [-0.4, -0.2) is 19.2 Å². The minimum Gasteiger partial charge on any atom is -0.497 e. The van der Waals surface area contributed by atoms with Crippen LogP contribution >= 0.6 is 0 Å². The molecule has 2 N–H and O–H groups in total. The Hall–Kier alpha value is -1.38. The molecular weight excluding hydrogens is 236 g/mol. The van der Waals surface area contributed by atoms with E-state index in [1.807, 2.05) is 6.07 Å². The van der Waals surface area contributed by atoms with Gasteiger partial charge in [0.2, 0.25) is 0 Å². The first-order valence-corrected chi connectivity index (χ1v) is 7.45. The Morgan fingerprint density at radius 3 is 2.74 bits per heavy atom. The van der Waals surface area contributed by atoms with E-state index in [9.17, 15) is 0 Å². The van der Waals surface area contributed by atoms with Crippen LogP contribution in [0.15, 0.2) is 18.2 Å². The van der Waals surface area contributed by atoms with E-state index < -0.39 is 0 Å². The van der Waals surface area contributed by atoms with E-state index in [-0.39, 0.29) is 5.54 Å². The second-order valence-corrected chi connectivity index (χ2v) is 6.02. The van der Waals surface area contributed by atoms with Crippen molar-refractivity contribution in [1.29, 1.82) is 0 Å². The molecule has 0 atom stereocenters. The molecule has 0 aromatic heterocycles. The highest BCUT2D eigenvalue weighted by atomic mass is 16.5. The summed E-state index contributed by atoms with van der Waals surface area (Å²) < 4.78 is 5.32. The molecule has 3 rings (SSSR count). The summed E-state index contributed by atoms with van der Waals surface area (Å²) in [6, 6.07) is 6.22. The van der Waals surface area contributed by atoms with Crippen LogP contribution in [0.2, 0.25) is 0 Å². The molecule has 3 heteroatoms. The largest absolute Gasteiger partial charge is 0.497 e. The predicted octanol–water partition coefficient (Wildman–Crippen LogP) is 3.87. The van der Waals surface area contributed by atoms with E-state index in [4.69, 9.17) is 4.74 Å². The van der Waals surface area contributed by atoms with Gasteiger partial charge in [-0.05, 0) is 43.7 Å². The van der Waals surface area contributed by atoms with Gasteiger partial charge in [-0.2, -0.15) is 0 Å². The topological polar surface area (TPSA) is 33.3 Å². The molecule has 1 aliphatic carbocycles. The highest BCUT2D eigenvalue weighted by Gasteiger charge is 2.37. The molecule has 1 fully saturated rings. The fourth-order valence-electron chi connectivity index (χ4n) is 3.44. The first-order valence-electron chi connectivity index (χ1n) is 7.45. The number of rotatable bonds is 2. The summed E-state index contributed by atoms with van der Waals surface area (Å²) in [6.45, 7) is 3.36. The third kappa shape index (κ3) is 2.38. The van der Waals surface area contributed by atoms with Crippen LogP contribution < -0.4 is 15.4 Å². The SMILES string of the molecule is CCC1CCC2(CC1)CNc1ccc(OC)cc1N2. The summed E-state index contributed by atoms with van der Waals surface area (Å²) in [5, 5.41) is 7.38. The Morgan fingerprint density at radius 2 is 2.05 bits per heavy atom. The van der Waals surface area contributed by atoms with E-state index >= 15 is 0 Å². The van der Waals surface area contributed by atoms with Gasteiger partial charge in [-0.15, -0.1) is 0 Å². The maximum Gasteiger partial charge on any atom is 0.121 e. The van der Waals surface area contributed by atoms with Gasteiger partial charge in [0.05, 0.1) is 24.0 Å². The van der Waals surface area contributed by atoms with Crippen LogP contribution in [0.4, 0.5) is 11.4 Å². The summed E-state index contributed by atoms with van der Waals surface area (Å²) >= 11 is 0. The molecule has 1 aliphatic heterocycles. The van der Waals surface area contributed by atoms with Crippen molar-refractivity contribution >= 4 is 11.4 Å². The van der Waals surface area contributed by atoms with E-state index in [1.165, 1.54) is 43.5 Å². The fourth-order valence-corrected chi connectivity index (χ4v) is 3.44. The van der Waals surface area contributed by atoms with Crippen molar-refractivity contribution < 1.29 is 4.74 Å². The molecule has 0 saturated heterocycles. The fraction of sp³-hybridized carbons (Fsp3) is 0.625. The molecule has 1 aromatic rings. The van der Waals surface area contributed by atoms with Gasteiger partial charge in [-0.1, -0.05) is 13.3 Å². The third-order valence-electron chi connectivity index (χ3n) is 4.88. The number of nitrogens with one attached hydrogen (secondary N) is 2. The normalized spacial score (nSPS) is 29.3. The van der Waals surface area contributed by atoms with Gasteiger partial charge in [-0.3, -0.25) is 0 Å². The van der Waals surface area contributed by atoms with Crippen LogP contribution in [0.5, 0.6) is 5.75 Å². The van der Waals surface area contributed by atoms with Gasteiger partial charge in [0.1, 0.15) is 5.75 Å². The first-order chi connectivity index (χ1) is 9.24. The van der Waals surface area contributed by atoms with Gasteiger partial charge in [0, 0.05) is 12.6 Å². The second kappa shape index (κ2) is 4.95. The lowest BCUT2D eigenvalue weighted by molar-refractivity contribution is 0.255. The Bertz CT molecular complexity index is 450. The number of hydrogen-bond donors (Lipinski definition) is 2. The number of benzene rings is 1. The van der Waals surface area contributed by atoms with Gasteiger partial charge < -0.3 is 15.4 Å². The first kappa shape index (κ1) is 12.6. The van der Waals surface area contributed by atoms with Crippen molar-refractivity contribution in [3.8, 4) is 5.75 Å². The minimum atomic E-state index is 0.255. The zero-order valence-corrected chi connectivity index (χ0v) is 12.0.